The number of likely N-dealkylation sites (N-methyl/N-ethyl adjacent to an activating group) is 1. The van der Waals surface area contributed by atoms with Gasteiger partial charge in [-0.15, -0.1) is 0 Å². The van der Waals surface area contributed by atoms with Crippen LogP contribution in [0.1, 0.15) is 29.7 Å². The minimum atomic E-state index is -4.84. The molecule has 1 aliphatic rings. The molecule has 0 fully saturated rings. The third-order valence-electron chi connectivity index (χ3n) is 6.15. The van der Waals surface area contributed by atoms with Crippen molar-refractivity contribution in [1.29, 1.82) is 0 Å². The molecular weight excluding hydrogens is 539 g/mol. The molecule has 1 amide bonds. The fourth-order valence-corrected chi connectivity index (χ4v) is 4.99. The maximum absolute atomic E-state index is 13.9. The summed E-state index contributed by atoms with van der Waals surface area (Å²) in [5.41, 5.74) is 0.954. The van der Waals surface area contributed by atoms with E-state index < -0.39 is 39.8 Å². The Morgan fingerprint density at radius 2 is 1.90 bits per heavy atom. The van der Waals surface area contributed by atoms with Gasteiger partial charge in [0.25, 0.3) is 0 Å². The minimum absolute atomic E-state index is 0.170. The van der Waals surface area contributed by atoms with E-state index in [1.807, 2.05) is 0 Å². The van der Waals surface area contributed by atoms with Crippen LogP contribution in [-0.2, 0) is 27.4 Å². The van der Waals surface area contributed by atoms with Crippen LogP contribution >= 0.6 is 0 Å². The second-order valence-corrected chi connectivity index (χ2v) is 11.0. The molecule has 2 N–H and O–H groups in total. The summed E-state index contributed by atoms with van der Waals surface area (Å²) in [6.45, 7) is 1.34. The Bertz CT molecular complexity index is 1500. The molecule has 0 saturated heterocycles. The van der Waals surface area contributed by atoms with Crippen molar-refractivity contribution in [2.75, 3.05) is 31.0 Å². The van der Waals surface area contributed by atoms with Gasteiger partial charge >= 0.3 is 6.18 Å². The highest BCUT2D eigenvalue weighted by molar-refractivity contribution is 7.88. The highest BCUT2D eigenvalue weighted by Gasteiger charge is 2.43. The van der Waals surface area contributed by atoms with Crippen molar-refractivity contribution < 1.29 is 35.9 Å². The number of aromatic nitrogens is 2. The van der Waals surface area contributed by atoms with Gasteiger partial charge in [-0.3, -0.25) is 4.79 Å². The number of fused-ring (bicyclic) bond motifs is 1. The second-order valence-electron chi connectivity index (χ2n) is 8.91. The topological polar surface area (TPSA) is 123 Å². The Morgan fingerprint density at radius 1 is 1.18 bits per heavy atom. The minimum Gasteiger partial charge on any atom is -0.494 e. The number of anilines is 3. The molecule has 14 heteroatoms. The number of carbonyl (C=O) groups excluding carboxylic acids is 1. The van der Waals surface area contributed by atoms with Gasteiger partial charge in [-0.2, -0.15) is 22.5 Å². The SMILES string of the molecule is COc1cc(NC(C)=O)ccc1Nc1ncc(C(F)(F)F)c(O[C@@H]2Cc3ccccc3[C@H]2N(C)S(C)(=O)=O)n1. The lowest BCUT2D eigenvalue weighted by Gasteiger charge is -2.29. The summed E-state index contributed by atoms with van der Waals surface area (Å²) in [5, 5.41) is 5.42. The monoisotopic (exact) mass is 565 g/mol. The van der Waals surface area contributed by atoms with Crippen LogP contribution in [0.2, 0.25) is 0 Å². The number of sulfonamides is 1. The van der Waals surface area contributed by atoms with Crippen LogP contribution in [-0.4, -0.2) is 55.1 Å². The van der Waals surface area contributed by atoms with Crippen LogP contribution in [0.3, 0.4) is 0 Å². The number of rotatable bonds is 8. The van der Waals surface area contributed by atoms with Gasteiger partial charge in [0.15, 0.2) is 0 Å². The van der Waals surface area contributed by atoms with Crippen LogP contribution in [0.25, 0.3) is 0 Å². The molecule has 208 valence electrons. The van der Waals surface area contributed by atoms with E-state index in [9.17, 15) is 26.4 Å². The van der Waals surface area contributed by atoms with E-state index in [0.29, 0.717) is 23.1 Å². The summed E-state index contributed by atoms with van der Waals surface area (Å²) in [7, 11) is -0.975. The molecule has 39 heavy (non-hydrogen) atoms. The number of hydrogen-bond donors (Lipinski definition) is 2. The summed E-state index contributed by atoms with van der Waals surface area (Å²) in [6, 6.07) is 10.7. The molecule has 4 rings (SSSR count). The smallest absolute Gasteiger partial charge is 0.423 e. The number of benzene rings is 2. The molecule has 3 aromatic rings. The lowest BCUT2D eigenvalue weighted by atomic mass is 10.1. The Labute approximate surface area is 223 Å². The number of nitrogens with zero attached hydrogens (tertiary/aromatic N) is 3. The number of alkyl halides is 3. The van der Waals surface area contributed by atoms with Gasteiger partial charge in [-0.25, -0.2) is 13.4 Å². The quantitative estimate of drug-likeness (QED) is 0.418. The van der Waals surface area contributed by atoms with Gasteiger partial charge in [-0.05, 0) is 23.3 Å². The molecule has 0 unspecified atom stereocenters. The molecular formula is C25H26F3N5O5S. The fraction of sp³-hybridized carbons (Fsp3) is 0.320. The summed E-state index contributed by atoms with van der Waals surface area (Å²) in [4.78, 5) is 19.1. The highest BCUT2D eigenvalue weighted by Crippen LogP contribution is 2.42. The van der Waals surface area contributed by atoms with Crippen molar-refractivity contribution in [3.8, 4) is 11.6 Å². The predicted molar refractivity (Wildman–Crippen MR) is 138 cm³/mol. The zero-order valence-electron chi connectivity index (χ0n) is 21.4. The summed E-state index contributed by atoms with van der Waals surface area (Å²) in [6.07, 6.45) is -4.04. The first-order valence-electron chi connectivity index (χ1n) is 11.6. The van der Waals surface area contributed by atoms with E-state index in [2.05, 4.69) is 20.6 Å². The first-order chi connectivity index (χ1) is 18.3. The molecule has 0 radical (unpaired) electrons. The molecule has 2 aromatic carbocycles. The molecule has 0 saturated carbocycles. The Kier molecular flexibility index (Phi) is 7.70. The molecule has 2 atom stereocenters. The van der Waals surface area contributed by atoms with E-state index in [0.717, 1.165) is 16.1 Å². The molecule has 1 aliphatic carbocycles. The normalized spacial score (nSPS) is 17.0. The number of amides is 1. The summed E-state index contributed by atoms with van der Waals surface area (Å²) in [5.74, 6) is -0.988. The maximum Gasteiger partial charge on any atom is 0.423 e. The zero-order valence-corrected chi connectivity index (χ0v) is 22.2. The van der Waals surface area contributed by atoms with Gasteiger partial charge in [0.1, 0.15) is 17.4 Å². The van der Waals surface area contributed by atoms with Crippen molar-refractivity contribution in [1.82, 2.24) is 14.3 Å². The highest BCUT2D eigenvalue weighted by atomic mass is 32.2. The first kappa shape index (κ1) is 28.1. The summed E-state index contributed by atoms with van der Waals surface area (Å²) < 4.78 is 78.7. The number of halogens is 3. The number of methoxy groups -OCH3 is 1. The lowest BCUT2D eigenvalue weighted by molar-refractivity contribution is -0.140. The maximum atomic E-state index is 13.9. The molecule has 0 spiro atoms. The van der Waals surface area contributed by atoms with Crippen LogP contribution in [0, 0.1) is 0 Å². The van der Waals surface area contributed by atoms with Crippen molar-refractivity contribution in [2.45, 2.75) is 31.7 Å². The predicted octanol–water partition coefficient (Wildman–Crippen LogP) is 4.14. The van der Waals surface area contributed by atoms with Gasteiger partial charge in [-0.1, -0.05) is 24.3 Å². The molecule has 0 bridgehead atoms. The molecule has 0 aliphatic heterocycles. The number of hydrogen-bond acceptors (Lipinski definition) is 8. The Balaban J connectivity index is 1.70. The second kappa shape index (κ2) is 10.7. The number of ether oxygens (including phenoxy) is 2. The van der Waals surface area contributed by atoms with Crippen LogP contribution in [0.4, 0.5) is 30.5 Å². The van der Waals surface area contributed by atoms with E-state index in [1.54, 1.807) is 30.3 Å². The number of nitrogens with one attached hydrogen (secondary N) is 2. The van der Waals surface area contributed by atoms with Crippen molar-refractivity contribution in [3.05, 3.63) is 65.4 Å². The van der Waals surface area contributed by atoms with Gasteiger partial charge in [0, 0.05) is 38.3 Å². The van der Waals surface area contributed by atoms with E-state index in [1.165, 1.54) is 33.2 Å². The largest absolute Gasteiger partial charge is 0.494 e. The van der Waals surface area contributed by atoms with Crippen molar-refractivity contribution in [2.24, 2.45) is 0 Å². The van der Waals surface area contributed by atoms with E-state index in [-0.39, 0.29) is 24.0 Å². The first-order valence-corrected chi connectivity index (χ1v) is 13.5. The third-order valence-corrected chi connectivity index (χ3v) is 7.43. The van der Waals surface area contributed by atoms with E-state index >= 15 is 0 Å². The molecule has 10 nitrogen and oxygen atoms in total. The lowest BCUT2D eigenvalue weighted by Crippen LogP contribution is -2.38. The van der Waals surface area contributed by atoms with Gasteiger partial charge < -0.3 is 20.1 Å². The van der Waals surface area contributed by atoms with Gasteiger partial charge in [0.05, 0.1) is 25.1 Å². The average Bonchev–Trinajstić information content (AvgIpc) is 3.20. The number of carbonyl (C=O) groups is 1. The zero-order chi connectivity index (χ0) is 28.5. The van der Waals surface area contributed by atoms with Gasteiger partial charge in [0.2, 0.25) is 27.8 Å². The molecule has 1 aromatic heterocycles. The Morgan fingerprint density at radius 3 is 2.54 bits per heavy atom. The van der Waals surface area contributed by atoms with Crippen LogP contribution in [0.15, 0.2) is 48.7 Å². The third kappa shape index (κ3) is 6.23. The molecule has 1 heterocycles. The Hall–Kier alpha value is -3.91. The van der Waals surface area contributed by atoms with Crippen LogP contribution < -0.4 is 20.1 Å². The van der Waals surface area contributed by atoms with Crippen molar-refractivity contribution in [3.63, 3.8) is 0 Å². The standard InChI is InChI=1S/C25H26F3N5O5S/c1-14(34)30-16-9-10-19(20(12-16)37-3)31-24-29-13-18(25(26,27)28)23(32-24)38-21-11-15-7-5-6-8-17(15)22(21)33(2)39(4,35)36/h5-10,12-13,21-22H,11H2,1-4H3,(H,30,34)(H,29,31,32)/t21-,22-/m1/s1. The average molecular weight is 566 g/mol. The summed E-state index contributed by atoms with van der Waals surface area (Å²) >= 11 is 0. The van der Waals surface area contributed by atoms with Crippen molar-refractivity contribution >= 4 is 33.3 Å². The fourth-order valence-electron chi connectivity index (χ4n) is 4.33. The van der Waals surface area contributed by atoms with E-state index in [4.69, 9.17) is 9.47 Å². The van der Waals surface area contributed by atoms with Crippen LogP contribution in [0.5, 0.6) is 11.6 Å².